The molecule has 196 valence electrons. The Hall–Kier alpha value is -4.47. The molecule has 10 heteroatoms. The highest BCUT2D eigenvalue weighted by atomic mass is 16.5. The summed E-state index contributed by atoms with van der Waals surface area (Å²) in [5.41, 5.74) is 2.79. The number of methoxy groups -OCH3 is 1. The fourth-order valence-electron chi connectivity index (χ4n) is 4.87. The lowest BCUT2D eigenvalue weighted by atomic mass is 9.94. The number of aromatic nitrogens is 4. The molecule has 0 bridgehead atoms. The summed E-state index contributed by atoms with van der Waals surface area (Å²) in [6, 6.07) is 15.2. The normalized spacial score (nSPS) is 14.6. The molecule has 1 aliphatic rings. The lowest BCUT2D eigenvalue weighted by molar-refractivity contribution is -0.123. The largest absolute Gasteiger partial charge is 0.494 e. The van der Waals surface area contributed by atoms with Gasteiger partial charge in [0, 0.05) is 17.8 Å². The molecule has 10 nitrogen and oxygen atoms in total. The molecule has 1 fully saturated rings. The van der Waals surface area contributed by atoms with E-state index in [1.54, 1.807) is 30.3 Å². The molecule has 38 heavy (non-hydrogen) atoms. The van der Waals surface area contributed by atoms with Gasteiger partial charge in [-0.05, 0) is 60.0 Å². The maximum Gasteiger partial charge on any atom is 0.294 e. The SMILES string of the molecule is COc1cc(N(C(=O)c2ccco2)[C@H](C(=O)NC2CCCCC2)c2ccc(C)cc2)ccc1-n1cnnn1. The molecule has 1 atom stereocenters. The predicted octanol–water partition coefficient (Wildman–Crippen LogP) is 4.41. The van der Waals surface area contributed by atoms with Crippen LogP contribution in [0.2, 0.25) is 0 Å². The van der Waals surface area contributed by atoms with Crippen molar-refractivity contribution in [2.75, 3.05) is 12.0 Å². The zero-order valence-electron chi connectivity index (χ0n) is 21.4. The van der Waals surface area contributed by atoms with E-state index < -0.39 is 11.9 Å². The first-order valence-electron chi connectivity index (χ1n) is 12.7. The van der Waals surface area contributed by atoms with Crippen LogP contribution in [0.5, 0.6) is 5.75 Å². The van der Waals surface area contributed by atoms with E-state index in [0.717, 1.165) is 31.2 Å². The molecule has 0 saturated heterocycles. The van der Waals surface area contributed by atoms with Gasteiger partial charge < -0.3 is 14.5 Å². The molecule has 2 heterocycles. The molecule has 0 unspecified atom stereocenters. The van der Waals surface area contributed by atoms with Crippen molar-refractivity contribution in [2.45, 2.75) is 51.1 Å². The number of amides is 2. The highest BCUT2D eigenvalue weighted by Gasteiger charge is 2.36. The van der Waals surface area contributed by atoms with Crippen LogP contribution >= 0.6 is 0 Å². The second-order valence-electron chi connectivity index (χ2n) is 9.42. The van der Waals surface area contributed by atoms with Crippen molar-refractivity contribution in [1.29, 1.82) is 0 Å². The Labute approximate surface area is 220 Å². The zero-order valence-corrected chi connectivity index (χ0v) is 21.4. The molecule has 5 rings (SSSR count). The molecule has 0 radical (unpaired) electrons. The van der Waals surface area contributed by atoms with Gasteiger partial charge in [-0.1, -0.05) is 49.1 Å². The minimum Gasteiger partial charge on any atom is -0.494 e. The van der Waals surface area contributed by atoms with Gasteiger partial charge in [0.2, 0.25) is 5.91 Å². The number of benzene rings is 2. The second-order valence-corrected chi connectivity index (χ2v) is 9.42. The molecule has 1 N–H and O–H groups in total. The second kappa shape index (κ2) is 11.3. The number of hydrogen-bond donors (Lipinski definition) is 1. The number of aryl methyl sites for hydroxylation is 1. The lowest BCUT2D eigenvalue weighted by Crippen LogP contribution is -2.47. The Morgan fingerprint density at radius 2 is 1.89 bits per heavy atom. The van der Waals surface area contributed by atoms with Gasteiger partial charge in [-0.15, -0.1) is 5.10 Å². The summed E-state index contributed by atoms with van der Waals surface area (Å²) < 4.78 is 12.6. The zero-order chi connectivity index (χ0) is 26.5. The average molecular weight is 515 g/mol. The number of carbonyl (C=O) groups is 2. The van der Waals surface area contributed by atoms with Gasteiger partial charge in [0.1, 0.15) is 23.8 Å². The first-order chi connectivity index (χ1) is 18.5. The summed E-state index contributed by atoms with van der Waals surface area (Å²) in [6.07, 6.45) is 8.06. The fourth-order valence-corrected chi connectivity index (χ4v) is 4.87. The molecule has 1 aliphatic carbocycles. The van der Waals surface area contributed by atoms with Crippen molar-refractivity contribution in [1.82, 2.24) is 25.5 Å². The summed E-state index contributed by atoms with van der Waals surface area (Å²) in [5.74, 6) is -0.140. The van der Waals surface area contributed by atoms with Gasteiger partial charge in [-0.2, -0.15) is 4.68 Å². The van der Waals surface area contributed by atoms with Gasteiger partial charge in [0.25, 0.3) is 5.91 Å². The third-order valence-corrected chi connectivity index (χ3v) is 6.84. The molecule has 4 aromatic rings. The van der Waals surface area contributed by atoms with Crippen LogP contribution in [-0.4, -0.2) is 45.2 Å². The minimum absolute atomic E-state index is 0.0708. The molecule has 2 aromatic heterocycles. The van der Waals surface area contributed by atoms with E-state index in [1.807, 2.05) is 31.2 Å². The Balaban J connectivity index is 1.62. The van der Waals surface area contributed by atoms with Crippen LogP contribution in [-0.2, 0) is 4.79 Å². The van der Waals surface area contributed by atoms with E-state index >= 15 is 0 Å². The number of rotatable bonds is 8. The van der Waals surface area contributed by atoms with E-state index in [1.165, 1.54) is 35.7 Å². The van der Waals surface area contributed by atoms with Crippen LogP contribution in [0.15, 0.2) is 71.6 Å². The van der Waals surface area contributed by atoms with Crippen LogP contribution in [0.4, 0.5) is 5.69 Å². The van der Waals surface area contributed by atoms with E-state index in [4.69, 9.17) is 9.15 Å². The summed E-state index contributed by atoms with van der Waals surface area (Å²) in [5, 5.41) is 14.6. The summed E-state index contributed by atoms with van der Waals surface area (Å²) in [4.78, 5) is 29.4. The molecule has 0 spiro atoms. The minimum atomic E-state index is -0.946. The van der Waals surface area contributed by atoms with Gasteiger partial charge in [-0.3, -0.25) is 14.5 Å². The highest BCUT2D eigenvalue weighted by molar-refractivity contribution is 6.08. The number of nitrogens with zero attached hydrogens (tertiary/aromatic N) is 5. The summed E-state index contributed by atoms with van der Waals surface area (Å²) in [7, 11) is 1.53. The van der Waals surface area contributed by atoms with Crippen LogP contribution in [0.1, 0.15) is 59.8 Å². The Morgan fingerprint density at radius 3 is 2.55 bits per heavy atom. The topological polar surface area (TPSA) is 115 Å². The third-order valence-electron chi connectivity index (χ3n) is 6.84. The maximum absolute atomic E-state index is 14.0. The van der Waals surface area contributed by atoms with Gasteiger partial charge in [0.05, 0.1) is 13.4 Å². The van der Waals surface area contributed by atoms with E-state index in [-0.39, 0.29) is 17.7 Å². The van der Waals surface area contributed by atoms with Crippen molar-refractivity contribution >= 4 is 17.5 Å². The Bertz CT molecular complexity index is 1360. The smallest absolute Gasteiger partial charge is 0.294 e. The molecule has 2 amide bonds. The van der Waals surface area contributed by atoms with Crippen molar-refractivity contribution in [3.63, 3.8) is 0 Å². The summed E-state index contributed by atoms with van der Waals surface area (Å²) >= 11 is 0. The van der Waals surface area contributed by atoms with Crippen LogP contribution in [0.3, 0.4) is 0 Å². The number of anilines is 1. The highest BCUT2D eigenvalue weighted by Crippen LogP contribution is 2.35. The Kier molecular flexibility index (Phi) is 7.48. The number of ether oxygens (including phenoxy) is 1. The number of nitrogens with one attached hydrogen (secondary N) is 1. The maximum atomic E-state index is 14.0. The Morgan fingerprint density at radius 1 is 1.11 bits per heavy atom. The number of hydrogen-bond acceptors (Lipinski definition) is 7. The summed E-state index contributed by atoms with van der Waals surface area (Å²) in [6.45, 7) is 1.98. The molecular weight excluding hydrogens is 484 g/mol. The fraction of sp³-hybridized carbons (Fsp3) is 0.321. The predicted molar refractivity (Wildman–Crippen MR) is 140 cm³/mol. The number of carbonyl (C=O) groups excluding carboxylic acids is 2. The number of furan rings is 1. The first kappa shape index (κ1) is 25.2. The van der Waals surface area contributed by atoms with Crippen LogP contribution in [0.25, 0.3) is 5.69 Å². The standard InChI is InChI=1S/C28H30N6O4/c1-19-10-12-20(13-11-19)26(27(35)30-21-7-4-3-5-8-21)34(28(36)24-9-6-16-38-24)22-14-15-23(25(17-22)37-2)33-18-29-31-32-33/h6,9-18,21,26H,3-5,7-8H2,1-2H3,(H,30,35)/t26-/m0/s1. The van der Waals surface area contributed by atoms with Gasteiger partial charge in [0.15, 0.2) is 5.76 Å². The molecule has 2 aromatic carbocycles. The number of tetrazole rings is 1. The molecular formula is C28H30N6O4. The monoisotopic (exact) mass is 514 g/mol. The van der Waals surface area contributed by atoms with E-state index in [9.17, 15) is 9.59 Å². The van der Waals surface area contributed by atoms with E-state index in [0.29, 0.717) is 22.7 Å². The lowest BCUT2D eigenvalue weighted by Gasteiger charge is -2.33. The van der Waals surface area contributed by atoms with Crippen LogP contribution in [0, 0.1) is 6.92 Å². The van der Waals surface area contributed by atoms with Crippen molar-refractivity contribution in [3.05, 3.63) is 84.1 Å². The van der Waals surface area contributed by atoms with Gasteiger partial charge in [-0.25, -0.2) is 0 Å². The molecule has 1 saturated carbocycles. The quantitative estimate of drug-likeness (QED) is 0.370. The van der Waals surface area contributed by atoms with Crippen LogP contribution < -0.4 is 15.0 Å². The average Bonchev–Trinajstić information content (AvgIpc) is 3.67. The first-order valence-corrected chi connectivity index (χ1v) is 12.7. The van der Waals surface area contributed by atoms with E-state index in [2.05, 4.69) is 20.8 Å². The van der Waals surface area contributed by atoms with Gasteiger partial charge >= 0.3 is 0 Å². The van der Waals surface area contributed by atoms with Crippen molar-refractivity contribution in [2.24, 2.45) is 0 Å². The third kappa shape index (κ3) is 5.29. The molecule has 0 aliphatic heterocycles. The van der Waals surface area contributed by atoms with Crippen molar-refractivity contribution < 1.29 is 18.7 Å². The van der Waals surface area contributed by atoms with Crippen molar-refractivity contribution in [3.8, 4) is 11.4 Å².